The second-order valence-corrected chi connectivity index (χ2v) is 14.3. The van der Waals surface area contributed by atoms with E-state index in [4.69, 9.17) is 9.47 Å². The molecular formula is C33H54O3. The summed E-state index contributed by atoms with van der Waals surface area (Å²) in [5.74, 6) is 5.33. The Hall–Kier alpha value is -0.640. The van der Waals surface area contributed by atoms with E-state index in [0.29, 0.717) is 10.8 Å². The Morgan fingerprint density at radius 2 is 1.86 bits per heavy atom. The predicted octanol–water partition coefficient (Wildman–Crippen LogP) is 8.08. The van der Waals surface area contributed by atoms with Crippen LogP contribution in [0.1, 0.15) is 112 Å². The summed E-state index contributed by atoms with van der Waals surface area (Å²) in [5, 5.41) is 9.48. The zero-order valence-electron chi connectivity index (χ0n) is 23.9. The lowest BCUT2D eigenvalue weighted by atomic mass is 9.47. The average Bonchev–Trinajstić information content (AvgIpc) is 3.21. The van der Waals surface area contributed by atoms with Crippen LogP contribution in [-0.4, -0.2) is 30.2 Å². The van der Waals surface area contributed by atoms with Gasteiger partial charge >= 0.3 is 0 Å². The third-order valence-electron chi connectivity index (χ3n) is 11.8. The number of aliphatic hydroxyl groups is 1. The van der Waals surface area contributed by atoms with Gasteiger partial charge in [-0.15, -0.1) is 0 Å². The van der Waals surface area contributed by atoms with Gasteiger partial charge in [0, 0.05) is 0 Å². The van der Waals surface area contributed by atoms with Gasteiger partial charge in [-0.2, -0.15) is 0 Å². The monoisotopic (exact) mass is 498 g/mol. The molecule has 0 aromatic carbocycles. The normalized spacial score (nSPS) is 45.1. The highest BCUT2D eigenvalue weighted by Crippen LogP contribution is 2.67. The topological polar surface area (TPSA) is 38.7 Å². The van der Waals surface area contributed by atoms with Gasteiger partial charge in [-0.25, -0.2) is 0 Å². The maximum atomic E-state index is 9.48. The fourth-order valence-electron chi connectivity index (χ4n) is 9.78. The summed E-state index contributed by atoms with van der Waals surface area (Å²) in [4.78, 5) is 0. The predicted molar refractivity (Wildman–Crippen MR) is 147 cm³/mol. The molecule has 36 heavy (non-hydrogen) atoms. The van der Waals surface area contributed by atoms with Gasteiger partial charge in [-0.1, -0.05) is 71.6 Å². The van der Waals surface area contributed by atoms with Crippen LogP contribution >= 0.6 is 0 Å². The fourth-order valence-corrected chi connectivity index (χ4v) is 9.78. The molecule has 0 amide bonds. The minimum Gasteiger partial charge on any atom is -0.394 e. The number of ether oxygens (including phenoxy) is 2. The molecule has 10 unspecified atom stereocenters. The van der Waals surface area contributed by atoms with Crippen LogP contribution in [0.2, 0.25) is 0 Å². The first kappa shape index (κ1) is 26.9. The van der Waals surface area contributed by atoms with E-state index in [2.05, 4.69) is 46.8 Å². The number of hydrogen-bond donors (Lipinski definition) is 1. The van der Waals surface area contributed by atoms with Crippen molar-refractivity contribution in [2.24, 2.45) is 46.3 Å². The van der Waals surface area contributed by atoms with Crippen LogP contribution in [0, 0.1) is 46.3 Å². The van der Waals surface area contributed by atoms with Crippen LogP contribution < -0.4 is 0 Å². The van der Waals surface area contributed by atoms with Gasteiger partial charge in [0.1, 0.15) is 0 Å². The van der Waals surface area contributed by atoms with E-state index in [1.54, 1.807) is 5.57 Å². The quantitative estimate of drug-likeness (QED) is 0.344. The molecular weight excluding hydrogens is 444 g/mol. The second kappa shape index (κ2) is 10.9. The first-order valence-corrected chi connectivity index (χ1v) is 15.5. The van der Waals surface area contributed by atoms with E-state index < -0.39 is 0 Å². The van der Waals surface area contributed by atoms with Crippen molar-refractivity contribution in [3.05, 3.63) is 23.8 Å². The Labute approximate surface area is 221 Å². The minimum atomic E-state index is -0.296. The Morgan fingerprint density at radius 3 is 2.64 bits per heavy atom. The fraction of sp³-hybridized carbons (Fsp3) is 0.879. The van der Waals surface area contributed by atoms with Crippen molar-refractivity contribution < 1.29 is 14.6 Å². The number of fused-ring (bicyclic) bond motifs is 5. The van der Waals surface area contributed by atoms with Crippen molar-refractivity contribution in [3.63, 3.8) is 0 Å². The first-order chi connectivity index (χ1) is 17.2. The molecule has 0 saturated heterocycles. The van der Waals surface area contributed by atoms with Crippen LogP contribution in [0.4, 0.5) is 0 Å². The van der Waals surface area contributed by atoms with Crippen LogP contribution in [0.25, 0.3) is 0 Å². The maximum Gasteiger partial charge on any atom is 0.177 e. The molecule has 0 radical (unpaired) electrons. The highest BCUT2D eigenvalue weighted by Gasteiger charge is 2.59. The highest BCUT2D eigenvalue weighted by molar-refractivity contribution is 5.25. The van der Waals surface area contributed by atoms with Crippen LogP contribution in [0.5, 0.6) is 0 Å². The van der Waals surface area contributed by atoms with Gasteiger partial charge in [0.25, 0.3) is 0 Å². The number of aliphatic hydroxyl groups excluding tert-OH is 1. The number of allylic oxidation sites excluding steroid dienone is 1. The summed E-state index contributed by atoms with van der Waals surface area (Å²) in [6, 6.07) is 0. The molecule has 0 aromatic rings. The Morgan fingerprint density at radius 1 is 1.03 bits per heavy atom. The third-order valence-corrected chi connectivity index (χ3v) is 11.8. The molecule has 1 aliphatic heterocycles. The zero-order chi connectivity index (χ0) is 25.5. The molecule has 1 heterocycles. The van der Waals surface area contributed by atoms with E-state index in [1.807, 2.05) is 6.08 Å². The van der Waals surface area contributed by atoms with Crippen molar-refractivity contribution in [1.82, 2.24) is 0 Å². The largest absolute Gasteiger partial charge is 0.394 e. The Balaban J connectivity index is 1.24. The summed E-state index contributed by atoms with van der Waals surface area (Å²) in [6.07, 6.45) is 22.2. The van der Waals surface area contributed by atoms with Crippen LogP contribution in [0.15, 0.2) is 23.8 Å². The van der Waals surface area contributed by atoms with Gasteiger partial charge in [0.05, 0.1) is 18.8 Å². The van der Waals surface area contributed by atoms with Gasteiger partial charge in [-0.05, 0) is 110 Å². The molecule has 5 rings (SSSR count). The van der Waals surface area contributed by atoms with Crippen molar-refractivity contribution in [2.75, 3.05) is 6.61 Å². The zero-order valence-corrected chi connectivity index (χ0v) is 23.9. The second-order valence-electron chi connectivity index (χ2n) is 14.3. The van der Waals surface area contributed by atoms with Gasteiger partial charge in [-0.3, -0.25) is 0 Å². The van der Waals surface area contributed by atoms with Crippen molar-refractivity contribution >= 4 is 0 Å². The molecule has 5 aliphatic rings. The van der Waals surface area contributed by atoms with E-state index in [0.717, 1.165) is 54.8 Å². The minimum absolute atomic E-state index is 0.0683. The van der Waals surface area contributed by atoms with Gasteiger partial charge < -0.3 is 14.6 Å². The van der Waals surface area contributed by atoms with E-state index in [-0.39, 0.29) is 25.1 Å². The SMILES string of the molecule is CC(C)CCCC(C)C1CCC2C3CC=C4CC(OC5C=CCC(CO)O5)CCC4(C)C3CCC12C. The number of rotatable bonds is 8. The summed E-state index contributed by atoms with van der Waals surface area (Å²) in [6.45, 7) is 12.7. The summed E-state index contributed by atoms with van der Waals surface area (Å²) in [5.41, 5.74) is 2.61. The molecule has 3 heteroatoms. The van der Waals surface area contributed by atoms with Gasteiger partial charge in [0.2, 0.25) is 0 Å². The van der Waals surface area contributed by atoms with Crippen LogP contribution in [-0.2, 0) is 9.47 Å². The lowest BCUT2D eigenvalue weighted by molar-refractivity contribution is -0.186. The third kappa shape index (κ3) is 5.03. The molecule has 10 atom stereocenters. The van der Waals surface area contributed by atoms with Crippen molar-refractivity contribution in [1.29, 1.82) is 0 Å². The van der Waals surface area contributed by atoms with E-state index in [1.165, 1.54) is 57.8 Å². The average molecular weight is 499 g/mol. The molecule has 0 bridgehead atoms. The smallest absolute Gasteiger partial charge is 0.177 e. The molecule has 0 spiro atoms. The van der Waals surface area contributed by atoms with Crippen molar-refractivity contribution in [2.45, 2.75) is 130 Å². The van der Waals surface area contributed by atoms with Gasteiger partial charge in [0.15, 0.2) is 6.29 Å². The molecule has 3 fully saturated rings. The first-order valence-electron chi connectivity index (χ1n) is 15.5. The summed E-state index contributed by atoms with van der Waals surface area (Å²) < 4.78 is 12.3. The highest BCUT2D eigenvalue weighted by atomic mass is 16.7. The number of hydrogen-bond acceptors (Lipinski definition) is 3. The molecule has 3 nitrogen and oxygen atoms in total. The van der Waals surface area contributed by atoms with Crippen LogP contribution in [0.3, 0.4) is 0 Å². The molecule has 3 saturated carbocycles. The maximum absolute atomic E-state index is 9.48. The summed E-state index contributed by atoms with van der Waals surface area (Å²) in [7, 11) is 0. The standard InChI is InChI=1S/C33H54O3/c1-22(2)8-6-9-23(3)28-14-15-29-27-13-12-24-20-25(35-31-11-7-10-26(21-34)36-31)16-18-32(24,4)30(27)17-19-33(28,29)5/h7,11-12,22-23,25-31,34H,6,8-10,13-21H2,1-5H3. The Kier molecular flexibility index (Phi) is 8.12. The van der Waals surface area contributed by atoms with Crippen molar-refractivity contribution in [3.8, 4) is 0 Å². The molecule has 1 N–H and O–H groups in total. The lowest BCUT2D eigenvalue weighted by Crippen LogP contribution is -2.51. The van der Waals surface area contributed by atoms with E-state index in [9.17, 15) is 5.11 Å². The van der Waals surface area contributed by atoms with E-state index >= 15 is 0 Å². The molecule has 4 aliphatic carbocycles. The Bertz CT molecular complexity index is 816. The molecule has 204 valence electrons. The molecule has 0 aromatic heterocycles. The lowest BCUT2D eigenvalue weighted by Gasteiger charge is -2.58. The summed E-state index contributed by atoms with van der Waals surface area (Å²) >= 11 is 0.